The number of halogens is 1. The second-order valence-electron chi connectivity index (χ2n) is 5.84. The van der Waals surface area contributed by atoms with Crippen LogP contribution in [0.4, 0.5) is 4.79 Å². The summed E-state index contributed by atoms with van der Waals surface area (Å²) >= 11 is 1.64. The number of nitrogens with zero attached hydrogens (tertiary/aromatic N) is 2. The molecule has 0 atom stereocenters. The fourth-order valence-corrected chi connectivity index (χ4v) is 3.83. The van der Waals surface area contributed by atoms with Crippen molar-refractivity contribution >= 4 is 39.1 Å². The number of piperidine rings is 1. The minimum atomic E-state index is -0.435. The van der Waals surface area contributed by atoms with Gasteiger partial charge in [-0.15, -0.1) is 11.3 Å². The van der Waals surface area contributed by atoms with Crippen molar-refractivity contribution in [1.82, 2.24) is 9.88 Å². The zero-order valence-electron chi connectivity index (χ0n) is 13.9. The molecule has 0 spiro atoms. The van der Waals surface area contributed by atoms with E-state index < -0.39 is 5.60 Å². The van der Waals surface area contributed by atoms with E-state index in [4.69, 9.17) is 15.4 Å². The molecule has 1 fully saturated rings. The number of carbonyl (C=O) groups excluding carboxylic acids is 1. The Bertz CT molecular complexity index is 466. The first-order chi connectivity index (χ1) is 10.4. The molecule has 126 valence electrons. The van der Waals surface area contributed by atoms with E-state index >= 15 is 0 Å². The molecule has 0 N–H and O–H groups in total. The zero-order chi connectivity index (χ0) is 16.8. The number of thiazole rings is 1. The monoisotopic (exact) mass is 364 g/mol. The van der Waals surface area contributed by atoms with Crippen molar-refractivity contribution in [1.29, 1.82) is 0 Å². The molecule has 0 saturated carbocycles. The highest BCUT2D eigenvalue weighted by molar-refractivity contribution is 8.22. The molecule has 2 heterocycles. The molecule has 1 aliphatic rings. The van der Waals surface area contributed by atoms with Crippen LogP contribution in [0.15, 0.2) is 10.4 Å². The number of amides is 1. The second-order valence-corrected chi connectivity index (χ2v) is 8.21. The summed E-state index contributed by atoms with van der Waals surface area (Å²) in [4.78, 5) is 18.2. The van der Waals surface area contributed by atoms with Gasteiger partial charge in [0.25, 0.3) is 0 Å². The Balaban J connectivity index is 0.00000116. The lowest BCUT2D eigenvalue weighted by Crippen LogP contribution is -2.41. The van der Waals surface area contributed by atoms with Crippen LogP contribution in [-0.4, -0.2) is 34.7 Å². The van der Waals surface area contributed by atoms with Crippen molar-refractivity contribution in [2.45, 2.75) is 63.2 Å². The normalized spacial score (nSPS) is 16.0. The van der Waals surface area contributed by atoms with Gasteiger partial charge >= 0.3 is 6.09 Å². The quantitative estimate of drug-likeness (QED) is 0.691. The zero-order valence-corrected chi connectivity index (χ0v) is 16.3. The van der Waals surface area contributed by atoms with E-state index in [1.165, 1.54) is 11.0 Å². The highest BCUT2D eigenvalue weighted by atomic mass is 35.7. The Morgan fingerprint density at radius 3 is 2.45 bits per heavy atom. The van der Waals surface area contributed by atoms with Crippen LogP contribution in [0.25, 0.3) is 0 Å². The van der Waals surface area contributed by atoms with Crippen molar-refractivity contribution in [2.24, 2.45) is 0 Å². The fraction of sp³-hybridized carbons (Fsp3) is 0.733. The third kappa shape index (κ3) is 5.97. The first kappa shape index (κ1) is 19.6. The third-order valence-corrected chi connectivity index (χ3v) is 5.56. The van der Waals surface area contributed by atoms with E-state index in [0.717, 1.165) is 35.1 Å². The summed E-state index contributed by atoms with van der Waals surface area (Å²) in [5.74, 6) is 0.427. The highest BCUT2D eigenvalue weighted by Crippen LogP contribution is 2.35. The van der Waals surface area contributed by atoms with E-state index in [0.29, 0.717) is 5.92 Å². The maximum absolute atomic E-state index is 12.0. The summed E-state index contributed by atoms with van der Waals surface area (Å²) in [5.41, 5.74) is -0.435. The van der Waals surface area contributed by atoms with Gasteiger partial charge in [0, 0.05) is 19.0 Å². The Morgan fingerprint density at radius 2 is 2.00 bits per heavy atom. The average molecular weight is 365 g/mol. The Morgan fingerprint density at radius 1 is 1.41 bits per heavy atom. The molecule has 1 aromatic rings. The lowest BCUT2D eigenvalue weighted by atomic mass is 9.98. The molecular formula is C15H25ClN2O2S2. The van der Waals surface area contributed by atoms with E-state index in [2.05, 4.69) is 4.98 Å². The van der Waals surface area contributed by atoms with Gasteiger partial charge in [-0.05, 0) is 55.3 Å². The fourth-order valence-electron chi connectivity index (χ4n) is 2.13. The predicted octanol–water partition coefficient (Wildman–Crippen LogP) is 5.53. The summed E-state index contributed by atoms with van der Waals surface area (Å²) in [5, 5.41) is 1.12. The Labute approximate surface area is 146 Å². The van der Waals surface area contributed by atoms with Crippen LogP contribution in [0.2, 0.25) is 0 Å². The van der Waals surface area contributed by atoms with Crippen LogP contribution in [0, 0.1) is 0 Å². The lowest BCUT2D eigenvalue weighted by Gasteiger charge is -2.32. The van der Waals surface area contributed by atoms with Gasteiger partial charge in [-0.25, -0.2) is 9.78 Å². The van der Waals surface area contributed by atoms with E-state index in [-0.39, 0.29) is 6.09 Å². The standard InChI is InChI=1S/C13H19ClN2O2S2.C2H6/c1-13(2,3)18-12(17)16-6-4-9(5-7-16)11-15-8-10(19-11)20-14;1-2/h8-9H,4-7H2,1-3H3;1-2H3. The number of carbonyl (C=O) groups is 1. The maximum Gasteiger partial charge on any atom is 0.410 e. The van der Waals surface area contributed by atoms with E-state index in [1.54, 1.807) is 16.2 Å². The molecule has 22 heavy (non-hydrogen) atoms. The van der Waals surface area contributed by atoms with Crippen molar-refractivity contribution in [3.05, 3.63) is 11.2 Å². The van der Waals surface area contributed by atoms with Crippen LogP contribution in [0.5, 0.6) is 0 Å². The number of hydrogen-bond acceptors (Lipinski definition) is 5. The van der Waals surface area contributed by atoms with Gasteiger partial charge in [0.15, 0.2) is 0 Å². The number of hydrogen-bond donors (Lipinski definition) is 0. The molecule has 0 bridgehead atoms. The van der Waals surface area contributed by atoms with Gasteiger partial charge in [0.05, 0.1) is 15.4 Å². The van der Waals surface area contributed by atoms with Gasteiger partial charge in [-0.2, -0.15) is 0 Å². The molecule has 1 aliphatic heterocycles. The molecular weight excluding hydrogens is 340 g/mol. The number of aromatic nitrogens is 1. The van der Waals surface area contributed by atoms with Gasteiger partial charge < -0.3 is 9.64 Å². The number of ether oxygens (including phenoxy) is 1. The van der Waals surface area contributed by atoms with E-state index in [1.807, 2.05) is 40.8 Å². The summed E-state index contributed by atoms with van der Waals surface area (Å²) in [6, 6.07) is 0. The third-order valence-electron chi connectivity index (χ3n) is 3.07. The minimum Gasteiger partial charge on any atom is -0.444 e. The predicted molar refractivity (Wildman–Crippen MR) is 95.0 cm³/mol. The summed E-state index contributed by atoms with van der Waals surface area (Å²) < 4.78 is 6.42. The van der Waals surface area contributed by atoms with Crippen LogP contribution in [0.1, 0.15) is 58.4 Å². The number of rotatable bonds is 2. The van der Waals surface area contributed by atoms with Crippen LogP contribution in [-0.2, 0) is 4.74 Å². The first-order valence-corrected chi connectivity index (χ1v) is 10.1. The largest absolute Gasteiger partial charge is 0.444 e. The molecule has 1 aromatic heterocycles. The number of likely N-dealkylation sites (tertiary alicyclic amines) is 1. The first-order valence-electron chi connectivity index (χ1n) is 7.61. The van der Waals surface area contributed by atoms with Crippen LogP contribution in [0.3, 0.4) is 0 Å². The molecule has 0 radical (unpaired) electrons. The van der Waals surface area contributed by atoms with Gasteiger partial charge in [0.1, 0.15) is 5.60 Å². The van der Waals surface area contributed by atoms with Crippen molar-refractivity contribution in [3.63, 3.8) is 0 Å². The lowest BCUT2D eigenvalue weighted by molar-refractivity contribution is 0.0205. The van der Waals surface area contributed by atoms with Gasteiger partial charge in [0.2, 0.25) is 0 Å². The maximum atomic E-state index is 12.0. The van der Waals surface area contributed by atoms with E-state index in [9.17, 15) is 4.79 Å². The molecule has 0 aliphatic carbocycles. The van der Waals surface area contributed by atoms with Crippen molar-refractivity contribution < 1.29 is 9.53 Å². The summed E-state index contributed by atoms with van der Waals surface area (Å²) in [6.07, 6.45) is 3.46. The molecule has 4 nitrogen and oxygen atoms in total. The second kappa shape index (κ2) is 8.99. The van der Waals surface area contributed by atoms with Crippen molar-refractivity contribution in [3.8, 4) is 0 Å². The molecule has 0 unspecified atom stereocenters. The smallest absolute Gasteiger partial charge is 0.410 e. The van der Waals surface area contributed by atoms with Crippen LogP contribution >= 0.6 is 33.0 Å². The Hall–Kier alpha value is -0.460. The van der Waals surface area contributed by atoms with Crippen LogP contribution < -0.4 is 0 Å². The van der Waals surface area contributed by atoms with Gasteiger partial charge in [-0.3, -0.25) is 0 Å². The minimum absolute atomic E-state index is 0.216. The average Bonchev–Trinajstić information content (AvgIpc) is 2.97. The molecule has 1 amide bonds. The SMILES string of the molecule is CC.CC(C)(C)OC(=O)N1CCC(c2ncc(SCl)s2)CC1. The topological polar surface area (TPSA) is 42.4 Å². The van der Waals surface area contributed by atoms with Gasteiger partial charge in [-0.1, -0.05) is 13.8 Å². The summed E-state index contributed by atoms with van der Waals surface area (Å²) in [6.45, 7) is 11.1. The molecule has 1 saturated heterocycles. The highest BCUT2D eigenvalue weighted by Gasteiger charge is 2.28. The molecule has 0 aromatic carbocycles. The Kier molecular flexibility index (Phi) is 8.00. The summed E-state index contributed by atoms with van der Waals surface area (Å²) in [7, 11) is 6.93. The molecule has 2 rings (SSSR count). The van der Waals surface area contributed by atoms with Crippen molar-refractivity contribution in [2.75, 3.05) is 13.1 Å². The molecule has 7 heteroatoms.